The van der Waals surface area contributed by atoms with Gasteiger partial charge in [-0.3, -0.25) is 4.90 Å². The Morgan fingerprint density at radius 1 is 1.11 bits per heavy atom. The fourth-order valence-electron chi connectivity index (χ4n) is 2.23. The Morgan fingerprint density at radius 2 is 1.84 bits per heavy atom. The van der Waals surface area contributed by atoms with Crippen LogP contribution in [0, 0.1) is 0 Å². The lowest BCUT2D eigenvalue weighted by molar-refractivity contribution is 0.212. The van der Waals surface area contributed by atoms with Gasteiger partial charge in [0.25, 0.3) is 0 Å². The van der Waals surface area contributed by atoms with Gasteiger partial charge in [0.1, 0.15) is 0 Å². The van der Waals surface area contributed by atoms with Crippen molar-refractivity contribution in [2.75, 3.05) is 26.2 Å². The first-order valence-electron chi connectivity index (χ1n) is 6.37. The van der Waals surface area contributed by atoms with Crippen LogP contribution < -0.4 is 11.1 Å². The molecule has 1 aromatic heterocycles. The highest BCUT2D eigenvalue weighted by Gasteiger charge is 2.19. The van der Waals surface area contributed by atoms with E-state index in [4.69, 9.17) is 8.83 Å². The van der Waals surface area contributed by atoms with Crippen LogP contribution >= 0.6 is 0 Å². The lowest BCUT2D eigenvalue weighted by atomic mass is 10.1. The van der Waals surface area contributed by atoms with Gasteiger partial charge in [-0.2, -0.15) is 0 Å². The first kappa shape index (κ1) is 12.2. The lowest BCUT2D eigenvalue weighted by Gasteiger charge is -2.25. The molecule has 1 radical (unpaired) electrons. The molecule has 1 saturated heterocycles. The molecule has 1 aliphatic rings. The van der Waals surface area contributed by atoms with Gasteiger partial charge < -0.3 is 8.83 Å². The van der Waals surface area contributed by atoms with Gasteiger partial charge in [0, 0.05) is 31.7 Å². The van der Waals surface area contributed by atoms with Gasteiger partial charge in [0.15, 0.2) is 11.5 Å². The lowest BCUT2D eigenvalue weighted by Crippen LogP contribution is -2.39. The Labute approximate surface area is 110 Å². The molecule has 0 spiro atoms. The maximum absolute atomic E-state index is 11.4. The summed E-state index contributed by atoms with van der Waals surface area (Å²) < 4.78 is 10.3. The third-order valence-corrected chi connectivity index (χ3v) is 3.20. The highest BCUT2D eigenvalue weighted by Crippen LogP contribution is 2.23. The van der Waals surface area contributed by atoms with Crippen molar-refractivity contribution in [1.82, 2.24) is 10.2 Å². The summed E-state index contributed by atoms with van der Waals surface area (Å²) in [6, 6.07) is 9.55. The van der Waals surface area contributed by atoms with Crippen molar-refractivity contribution in [3.05, 3.63) is 46.7 Å². The molecular weight excluding hydrogens is 244 g/mol. The van der Waals surface area contributed by atoms with Crippen LogP contribution in [0.2, 0.25) is 0 Å². The fraction of sp³-hybridized carbons (Fsp3) is 0.357. The van der Waals surface area contributed by atoms with Crippen LogP contribution in [0.3, 0.4) is 0 Å². The summed E-state index contributed by atoms with van der Waals surface area (Å²) in [5, 5.41) is 4.30. The summed E-state index contributed by atoms with van der Waals surface area (Å²) in [4.78, 5) is 13.6. The topological polar surface area (TPSA) is 60.7 Å². The third-order valence-electron chi connectivity index (χ3n) is 3.20. The van der Waals surface area contributed by atoms with Gasteiger partial charge in [-0.1, -0.05) is 30.3 Å². The molecule has 0 amide bonds. The molecule has 1 fully saturated rings. The molecule has 1 aromatic carbocycles. The standard InChI is InChI=1S/C14H15N2O3/c17-14-18-12(10-16-8-6-15-7-9-16)13(19-14)11-4-2-1-3-5-11/h1-5H,6-10H2. The van der Waals surface area contributed by atoms with Crippen molar-refractivity contribution in [3.8, 4) is 11.3 Å². The molecule has 0 bridgehead atoms. The zero-order valence-corrected chi connectivity index (χ0v) is 10.5. The average molecular weight is 259 g/mol. The summed E-state index contributed by atoms with van der Waals surface area (Å²) in [5.74, 6) is 0.488. The number of benzene rings is 1. The van der Waals surface area contributed by atoms with Crippen LogP contribution in [-0.4, -0.2) is 31.1 Å². The molecule has 5 nitrogen and oxygen atoms in total. The van der Waals surface area contributed by atoms with Crippen molar-refractivity contribution < 1.29 is 8.83 Å². The highest BCUT2D eigenvalue weighted by atomic mass is 16.6. The van der Waals surface area contributed by atoms with Crippen LogP contribution in [0.15, 0.2) is 44.0 Å². The van der Waals surface area contributed by atoms with Crippen LogP contribution in [0.25, 0.3) is 11.3 Å². The van der Waals surface area contributed by atoms with Crippen molar-refractivity contribution in [3.63, 3.8) is 0 Å². The minimum atomic E-state index is -0.643. The maximum atomic E-state index is 11.4. The Morgan fingerprint density at radius 3 is 2.58 bits per heavy atom. The largest absolute Gasteiger partial charge is 0.519 e. The second kappa shape index (κ2) is 5.42. The number of hydrogen-bond acceptors (Lipinski definition) is 4. The molecule has 0 unspecified atom stereocenters. The van der Waals surface area contributed by atoms with Gasteiger partial charge in [-0.15, -0.1) is 0 Å². The molecule has 2 heterocycles. The Bertz CT molecular complexity index is 582. The minimum Gasteiger partial charge on any atom is -0.394 e. The number of nitrogens with zero attached hydrogens (tertiary/aromatic N) is 2. The molecule has 3 rings (SSSR count). The van der Waals surface area contributed by atoms with Gasteiger partial charge in [-0.25, -0.2) is 10.1 Å². The maximum Gasteiger partial charge on any atom is 0.519 e. The Balaban J connectivity index is 1.87. The van der Waals surface area contributed by atoms with E-state index >= 15 is 0 Å². The van der Waals surface area contributed by atoms with Gasteiger partial charge in [0.05, 0.1) is 6.54 Å². The van der Waals surface area contributed by atoms with E-state index in [0.29, 0.717) is 18.1 Å². The minimum absolute atomic E-state index is 0.535. The monoisotopic (exact) mass is 259 g/mol. The number of piperazine rings is 1. The van der Waals surface area contributed by atoms with Crippen LogP contribution in [-0.2, 0) is 6.54 Å². The van der Waals surface area contributed by atoms with E-state index in [-0.39, 0.29) is 0 Å². The molecule has 0 aliphatic carbocycles. The zero-order chi connectivity index (χ0) is 13.1. The molecule has 2 aromatic rings. The molecular formula is C14H15N2O3. The normalized spacial score (nSPS) is 16.6. The molecule has 5 heteroatoms. The van der Waals surface area contributed by atoms with E-state index in [1.807, 2.05) is 30.3 Å². The zero-order valence-electron chi connectivity index (χ0n) is 10.5. The fourth-order valence-corrected chi connectivity index (χ4v) is 2.23. The summed E-state index contributed by atoms with van der Waals surface area (Å²) >= 11 is 0. The smallest absolute Gasteiger partial charge is 0.394 e. The van der Waals surface area contributed by atoms with E-state index in [1.165, 1.54) is 0 Å². The molecule has 0 N–H and O–H groups in total. The van der Waals surface area contributed by atoms with E-state index in [2.05, 4.69) is 10.2 Å². The van der Waals surface area contributed by atoms with Crippen LogP contribution in [0.1, 0.15) is 5.76 Å². The molecule has 99 valence electrons. The molecule has 0 saturated carbocycles. The second-order valence-corrected chi connectivity index (χ2v) is 4.52. The van der Waals surface area contributed by atoms with Crippen molar-refractivity contribution in [2.45, 2.75) is 6.54 Å². The first-order valence-corrected chi connectivity index (χ1v) is 6.37. The molecule has 1 aliphatic heterocycles. The molecule has 19 heavy (non-hydrogen) atoms. The van der Waals surface area contributed by atoms with Crippen molar-refractivity contribution >= 4 is 0 Å². The number of hydrogen-bond donors (Lipinski definition) is 0. The molecule has 0 atom stereocenters. The van der Waals surface area contributed by atoms with E-state index in [9.17, 15) is 4.79 Å². The van der Waals surface area contributed by atoms with E-state index in [1.54, 1.807) is 0 Å². The predicted molar refractivity (Wildman–Crippen MR) is 69.8 cm³/mol. The third kappa shape index (κ3) is 2.77. The summed E-state index contributed by atoms with van der Waals surface area (Å²) in [6.45, 7) is 4.04. The highest BCUT2D eigenvalue weighted by molar-refractivity contribution is 5.58. The predicted octanol–water partition coefficient (Wildman–Crippen LogP) is 1.32. The second-order valence-electron chi connectivity index (χ2n) is 4.52. The first-order chi connectivity index (χ1) is 9.33. The van der Waals surface area contributed by atoms with Gasteiger partial charge >= 0.3 is 5.82 Å². The Hall–Kier alpha value is -1.85. The van der Waals surface area contributed by atoms with Crippen LogP contribution in [0.4, 0.5) is 0 Å². The SMILES string of the molecule is O=c1oc(CN2CC[N]CC2)c(-c2ccccc2)o1. The summed E-state index contributed by atoms with van der Waals surface area (Å²) in [7, 11) is 0. The van der Waals surface area contributed by atoms with Gasteiger partial charge in [-0.05, 0) is 0 Å². The quantitative estimate of drug-likeness (QED) is 0.834. The summed E-state index contributed by atoms with van der Waals surface area (Å²) in [6.07, 6.45) is 0. The van der Waals surface area contributed by atoms with Gasteiger partial charge in [0.2, 0.25) is 0 Å². The van der Waals surface area contributed by atoms with Crippen molar-refractivity contribution in [2.24, 2.45) is 0 Å². The van der Waals surface area contributed by atoms with E-state index in [0.717, 1.165) is 31.7 Å². The summed E-state index contributed by atoms with van der Waals surface area (Å²) in [5.41, 5.74) is 0.866. The number of rotatable bonds is 3. The van der Waals surface area contributed by atoms with Crippen LogP contribution in [0.5, 0.6) is 0 Å². The van der Waals surface area contributed by atoms with E-state index < -0.39 is 5.82 Å². The Kier molecular flexibility index (Phi) is 3.48. The van der Waals surface area contributed by atoms with Crippen molar-refractivity contribution in [1.29, 1.82) is 0 Å². The average Bonchev–Trinajstić information content (AvgIpc) is 2.82.